The number of nitrogens with zero attached hydrogens (tertiary/aromatic N) is 1. The normalized spacial score (nSPS) is 10.6. The van der Waals surface area contributed by atoms with Crippen LogP contribution >= 0.6 is 0 Å². The maximum absolute atomic E-state index is 12.6. The molecular weight excluding hydrogens is 388 g/mol. The summed E-state index contributed by atoms with van der Waals surface area (Å²) in [4.78, 5) is 46.9. The molecule has 0 saturated carbocycles. The van der Waals surface area contributed by atoms with Crippen molar-refractivity contribution in [2.75, 3.05) is 13.7 Å². The van der Waals surface area contributed by atoms with Gasteiger partial charge >= 0.3 is 5.97 Å². The number of amides is 1. The molecule has 1 heterocycles. The van der Waals surface area contributed by atoms with E-state index >= 15 is 0 Å². The van der Waals surface area contributed by atoms with Gasteiger partial charge in [-0.05, 0) is 30.7 Å². The van der Waals surface area contributed by atoms with E-state index in [0.29, 0.717) is 28.7 Å². The zero-order chi connectivity index (χ0) is 21.8. The van der Waals surface area contributed by atoms with Gasteiger partial charge in [0.25, 0.3) is 11.7 Å². The van der Waals surface area contributed by atoms with Crippen molar-refractivity contribution in [1.29, 1.82) is 0 Å². The Balaban J connectivity index is 2.19. The van der Waals surface area contributed by atoms with Crippen molar-refractivity contribution in [2.24, 2.45) is 5.73 Å². The Hall–Kier alpha value is -3.94. The van der Waals surface area contributed by atoms with Crippen LogP contribution in [0.5, 0.6) is 5.75 Å². The van der Waals surface area contributed by atoms with Crippen LogP contribution in [0.1, 0.15) is 32.0 Å². The van der Waals surface area contributed by atoms with E-state index in [9.17, 15) is 19.2 Å². The maximum Gasteiger partial charge on any atom is 0.343 e. The predicted octanol–water partition coefficient (Wildman–Crippen LogP) is 2.03. The highest BCUT2D eigenvalue weighted by atomic mass is 16.6. The fourth-order valence-electron chi connectivity index (χ4n) is 3.36. The molecule has 0 saturated heterocycles. The van der Waals surface area contributed by atoms with Gasteiger partial charge in [-0.15, -0.1) is 0 Å². The van der Waals surface area contributed by atoms with E-state index in [1.165, 1.54) is 7.11 Å². The Morgan fingerprint density at radius 3 is 2.53 bits per heavy atom. The third kappa shape index (κ3) is 3.93. The summed E-state index contributed by atoms with van der Waals surface area (Å²) in [6.45, 7) is 1.69. The third-order valence-corrected chi connectivity index (χ3v) is 4.76. The van der Waals surface area contributed by atoms with E-state index in [-0.39, 0.29) is 17.9 Å². The number of carbonyl (C=O) groups excluding carboxylic acids is 4. The van der Waals surface area contributed by atoms with Crippen molar-refractivity contribution in [3.63, 3.8) is 0 Å². The number of aldehydes is 1. The molecule has 2 N–H and O–H groups in total. The lowest BCUT2D eigenvalue weighted by molar-refractivity contribution is -0.142. The molecule has 154 valence electrons. The monoisotopic (exact) mass is 408 g/mol. The topological polar surface area (TPSA) is 118 Å². The van der Waals surface area contributed by atoms with Crippen molar-refractivity contribution in [2.45, 2.75) is 13.5 Å². The molecule has 0 atom stereocenters. The minimum absolute atomic E-state index is 0.115. The SMILES string of the molecule is COC(=O)COc1cccc2c1c(C(=O)C(N)=O)c(C)n2Cc1cccc(C=O)c1. The molecular formula is C22H20N2O6. The van der Waals surface area contributed by atoms with Crippen LogP contribution in [0.3, 0.4) is 0 Å². The molecule has 0 spiro atoms. The van der Waals surface area contributed by atoms with Crippen LogP contribution in [0.15, 0.2) is 42.5 Å². The van der Waals surface area contributed by atoms with Gasteiger partial charge in [-0.3, -0.25) is 14.4 Å². The highest BCUT2D eigenvalue weighted by Crippen LogP contribution is 2.34. The Kier molecular flexibility index (Phi) is 5.96. The quantitative estimate of drug-likeness (QED) is 0.264. The highest BCUT2D eigenvalue weighted by Gasteiger charge is 2.26. The molecule has 0 unspecified atom stereocenters. The van der Waals surface area contributed by atoms with E-state index in [2.05, 4.69) is 4.74 Å². The van der Waals surface area contributed by atoms with E-state index in [1.807, 2.05) is 10.6 Å². The fraction of sp³-hybridized carbons (Fsp3) is 0.182. The van der Waals surface area contributed by atoms with Gasteiger partial charge in [-0.2, -0.15) is 0 Å². The summed E-state index contributed by atoms with van der Waals surface area (Å²) in [6, 6.07) is 12.1. The minimum atomic E-state index is -1.09. The molecule has 3 rings (SSSR count). The molecule has 30 heavy (non-hydrogen) atoms. The Morgan fingerprint density at radius 1 is 1.13 bits per heavy atom. The standard InChI is InChI=1S/C22H20N2O6/c1-13-19(21(27)22(23)28)20-16(7-4-8-17(20)30-12-18(26)29-2)24(13)10-14-5-3-6-15(9-14)11-25/h3-9,11H,10,12H2,1-2H3,(H2,23,28). The van der Waals surface area contributed by atoms with Gasteiger partial charge in [0.2, 0.25) is 0 Å². The van der Waals surface area contributed by atoms with E-state index in [1.54, 1.807) is 43.3 Å². The number of carbonyl (C=O) groups is 4. The minimum Gasteiger partial charge on any atom is -0.481 e. The number of ketones is 1. The van der Waals surface area contributed by atoms with Crippen LogP contribution in [-0.2, 0) is 20.9 Å². The largest absolute Gasteiger partial charge is 0.481 e. The summed E-state index contributed by atoms with van der Waals surface area (Å²) in [5.41, 5.74) is 7.88. The van der Waals surface area contributed by atoms with Crippen LogP contribution in [0.25, 0.3) is 10.9 Å². The molecule has 2 aromatic carbocycles. The molecule has 8 nitrogen and oxygen atoms in total. The molecule has 1 aromatic heterocycles. The maximum atomic E-state index is 12.6. The van der Waals surface area contributed by atoms with Gasteiger partial charge in [0.15, 0.2) is 6.61 Å². The zero-order valence-electron chi connectivity index (χ0n) is 16.5. The number of methoxy groups -OCH3 is 1. The number of hydrogen-bond donors (Lipinski definition) is 1. The first-order valence-corrected chi connectivity index (χ1v) is 9.07. The van der Waals surface area contributed by atoms with Gasteiger partial charge < -0.3 is 19.8 Å². The highest BCUT2D eigenvalue weighted by molar-refractivity contribution is 6.45. The van der Waals surface area contributed by atoms with Crippen molar-refractivity contribution in [3.05, 3.63) is 64.8 Å². The first kappa shape index (κ1) is 20.8. The molecule has 3 aromatic rings. The summed E-state index contributed by atoms with van der Waals surface area (Å²) in [7, 11) is 1.24. The lowest BCUT2D eigenvalue weighted by atomic mass is 10.1. The number of nitrogens with two attached hydrogens (primary N) is 1. The second-order valence-corrected chi connectivity index (χ2v) is 6.62. The van der Waals surface area contributed by atoms with Gasteiger partial charge in [-0.25, -0.2) is 4.79 Å². The second-order valence-electron chi connectivity index (χ2n) is 6.62. The second kappa shape index (κ2) is 8.60. The summed E-state index contributed by atoms with van der Waals surface area (Å²) >= 11 is 0. The summed E-state index contributed by atoms with van der Waals surface area (Å²) in [5, 5.41) is 0.384. The number of hydrogen-bond acceptors (Lipinski definition) is 6. The van der Waals surface area contributed by atoms with Crippen molar-refractivity contribution in [3.8, 4) is 5.75 Å². The van der Waals surface area contributed by atoms with Crippen molar-refractivity contribution >= 4 is 34.8 Å². The van der Waals surface area contributed by atoms with Crippen molar-refractivity contribution in [1.82, 2.24) is 4.57 Å². The predicted molar refractivity (Wildman–Crippen MR) is 109 cm³/mol. The van der Waals surface area contributed by atoms with Gasteiger partial charge in [-0.1, -0.05) is 24.3 Å². The molecule has 0 aliphatic rings. The molecule has 0 bridgehead atoms. The van der Waals surface area contributed by atoms with E-state index in [4.69, 9.17) is 10.5 Å². The van der Waals surface area contributed by atoms with Gasteiger partial charge in [0, 0.05) is 17.8 Å². The van der Waals surface area contributed by atoms with E-state index < -0.39 is 17.7 Å². The van der Waals surface area contributed by atoms with Crippen LogP contribution in [0.2, 0.25) is 0 Å². The molecule has 8 heteroatoms. The number of rotatable bonds is 8. The number of Topliss-reactive ketones (excluding diaryl/α,β-unsaturated/α-hetero) is 1. The number of esters is 1. The number of primary amides is 1. The average Bonchev–Trinajstić information content (AvgIpc) is 3.03. The Labute approximate surface area is 172 Å². The zero-order valence-corrected chi connectivity index (χ0v) is 16.5. The molecule has 0 radical (unpaired) electrons. The van der Waals surface area contributed by atoms with Crippen molar-refractivity contribution < 1.29 is 28.7 Å². The summed E-state index contributed by atoms with van der Waals surface area (Å²) in [6.07, 6.45) is 0.755. The molecule has 1 amide bonds. The van der Waals surface area contributed by atoms with Gasteiger partial charge in [0.1, 0.15) is 12.0 Å². The first-order chi connectivity index (χ1) is 14.4. The Bertz CT molecular complexity index is 1160. The van der Waals surface area contributed by atoms with Crippen LogP contribution < -0.4 is 10.5 Å². The lowest BCUT2D eigenvalue weighted by Crippen LogP contribution is -2.24. The van der Waals surface area contributed by atoms with Crippen LogP contribution in [-0.4, -0.2) is 42.2 Å². The number of benzene rings is 2. The van der Waals surface area contributed by atoms with Gasteiger partial charge in [0.05, 0.1) is 23.6 Å². The van der Waals surface area contributed by atoms with Crippen LogP contribution in [0, 0.1) is 6.92 Å². The first-order valence-electron chi connectivity index (χ1n) is 9.07. The molecule has 0 fully saturated rings. The molecule has 0 aliphatic heterocycles. The number of aromatic nitrogens is 1. The number of ether oxygens (including phenoxy) is 2. The summed E-state index contributed by atoms with van der Waals surface area (Å²) < 4.78 is 12.0. The summed E-state index contributed by atoms with van der Waals surface area (Å²) in [5.74, 6) is -2.28. The number of fused-ring (bicyclic) bond motifs is 1. The average molecular weight is 408 g/mol. The Morgan fingerprint density at radius 2 is 1.87 bits per heavy atom. The molecule has 0 aliphatic carbocycles. The smallest absolute Gasteiger partial charge is 0.343 e. The lowest BCUT2D eigenvalue weighted by Gasteiger charge is -2.10. The fourth-order valence-corrected chi connectivity index (χ4v) is 3.36. The van der Waals surface area contributed by atoms with E-state index in [0.717, 1.165) is 11.8 Å². The van der Waals surface area contributed by atoms with Crippen LogP contribution in [0.4, 0.5) is 0 Å². The third-order valence-electron chi connectivity index (χ3n) is 4.76.